The number of rotatable bonds is 3. The summed E-state index contributed by atoms with van der Waals surface area (Å²) in [5, 5.41) is 9.13. The fourth-order valence-electron chi connectivity index (χ4n) is 3.31. The summed E-state index contributed by atoms with van der Waals surface area (Å²) in [5.41, 5.74) is 0. The predicted molar refractivity (Wildman–Crippen MR) is 74.9 cm³/mol. The largest absolute Gasteiger partial charge is 0.396 e. The third-order valence-electron chi connectivity index (χ3n) is 4.54. The van der Waals surface area contributed by atoms with Crippen LogP contribution < -0.4 is 0 Å². The van der Waals surface area contributed by atoms with E-state index in [0.29, 0.717) is 13.1 Å². The molecule has 0 bridgehead atoms. The van der Waals surface area contributed by atoms with Gasteiger partial charge in [0.15, 0.2) is 0 Å². The molecular formula is C13H26N2O3S. The fraction of sp³-hybridized carbons (Fsp3) is 1.00. The molecule has 6 heteroatoms. The second-order valence-electron chi connectivity index (χ2n) is 5.99. The van der Waals surface area contributed by atoms with Gasteiger partial charge in [-0.05, 0) is 45.4 Å². The highest BCUT2D eigenvalue weighted by atomic mass is 32.2. The third-order valence-corrected chi connectivity index (χ3v) is 6.81. The normalized spacial score (nSPS) is 32.6. The first-order chi connectivity index (χ1) is 8.96. The molecule has 2 rings (SSSR count). The molecule has 2 saturated heterocycles. The number of hydrogen-bond acceptors (Lipinski definition) is 3. The third kappa shape index (κ3) is 3.12. The first-order valence-electron chi connectivity index (χ1n) is 7.36. The molecule has 19 heavy (non-hydrogen) atoms. The fourth-order valence-corrected chi connectivity index (χ4v) is 5.37. The number of piperidine rings is 2. The summed E-state index contributed by atoms with van der Waals surface area (Å²) in [6, 6.07) is 0.202. The van der Waals surface area contributed by atoms with Gasteiger partial charge in [0.2, 0.25) is 0 Å². The van der Waals surface area contributed by atoms with Crippen LogP contribution in [0.4, 0.5) is 0 Å². The van der Waals surface area contributed by atoms with E-state index in [2.05, 4.69) is 0 Å². The smallest absolute Gasteiger partial charge is 0.282 e. The van der Waals surface area contributed by atoms with Crippen LogP contribution in [0.5, 0.6) is 0 Å². The van der Waals surface area contributed by atoms with Gasteiger partial charge in [0.25, 0.3) is 10.2 Å². The Morgan fingerprint density at radius 3 is 2.05 bits per heavy atom. The van der Waals surface area contributed by atoms with Gasteiger partial charge >= 0.3 is 0 Å². The second kappa shape index (κ2) is 6.08. The van der Waals surface area contributed by atoms with E-state index < -0.39 is 10.2 Å². The molecule has 2 fully saturated rings. The molecule has 0 amide bonds. The van der Waals surface area contributed by atoms with Crippen molar-refractivity contribution in [1.29, 1.82) is 0 Å². The van der Waals surface area contributed by atoms with E-state index in [9.17, 15) is 8.42 Å². The lowest BCUT2D eigenvalue weighted by atomic mass is 10.00. The summed E-state index contributed by atoms with van der Waals surface area (Å²) in [6.45, 7) is 5.28. The van der Waals surface area contributed by atoms with Crippen LogP contribution in [-0.4, -0.2) is 53.9 Å². The van der Waals surface area contributed by atoms with Gasteiger partial charge in [-0.3, -0.25) is 0 Å². The molecule has 2 atom stereocenters. The Morgan fingerprint density at radius 1 is 1.05 bits per heavy atom. The Balaban J connectivity index is 2.09. The summed E-state index contributed by atoms with van der Waals surface area (Å²) in [6.07, 6.45) is 4.56. The Labute approximate surface area is 116 Å². The zero-order valence-electron chi connectivity index (χ0n) is 12.0. The van der Waals surface area contributed by atoms with Crippen molar-refractivity contribution >= 4 is 10.2 Å². The number of nitrogens with zero attached hydrogens (tertiary/aromatic N) is 2. The molecule has 2 heterocycles. The maximum atomic E-state index is 12.7. The van der Waals surface area contributed by atoms with Crippen LogP contribution in [0.1, 0.15) is 46.0 Å². The molecule has 0 aromatic heterocycles. The zero-order chi connectivity index (χ0) is 14.0. The van der Waals surface area contributed by atoms with Crippen LogP contribution in [-0.2, 0) is 10.2 Å². The minimum atomic E-state index is -3.33. The molecule has 112 valence electrons. The summed E-state index contributed by atoms with van der Waals surface area (Å²) in [7, 11) is -3.33. The molecule has 2 aliphatic rings. The lowest BCUT2D eigenvalue weighted by Crippen LogP contribution is -2.54. The van der Waals surface area contributed by atoms with E-state index in [-0.39, 0.29) is 24.6 Å². The minimum Gasteiger partial charge on any atom is -0.396 e. The second-order valence-corrected chi connectivity index (χ2v) is 7.83. The van der Waals surface area contributed by atoms with Crippen LogP contribution in [0.15, 0.2) is 0 Å². The summed E-state index contributed by atoms with van der Waals surface area (Å²) >= 11 is 0. The molecule has 0 aromatic carbocycles. The Hall–Kier alpha value is -0.170. The monoisotopic (exact) mass is 290 g/mol. The van der Waals surface area contributed by atoms with Crippen LogP contribution in [0.2, 0.25) is 0 Å². The van der Waals surface area contributed by atoms with Crippen molar-refractivity contribution < 1.29 is 13.5 Å². The lowest BCUT2D eigenvalue weighted by molar-refractivity contribution is 0.151. The van der Waals surface area contributed by atoms with Crippen LogP contribution in [0.25, 0.3) is 0 Å². The zero-order valence-corrected chi connectivity index (χ0v) is 12.8. The molecule has 5 nitrogen and oxygen atoms in total. The number of aliphatic hydroxyl groups is 1. The van der Waals surface area contributed by atoms with E-state index in [4.69, 9.17) is 5.11 Å². The highest BCUT2D eigenvalue weighted by molar-refractivity contribution is 7.86. The van der Waals surface area contributed by atoms with E-state index in [1.165, 1.54) is 0 Å². The lowest BCUT2D eigenvalue weighted by Gasteiger charge is -2.42. The van der Waals surface area contributed by atoms with Crippen molar-refractivity contribution in [2.45, 2.75) is 58.0 Å². The number of aliphatic hydroxyl groups excluding tert-OH is 1. The van der Waals surface area contributed by atoms with Gasteiger partial charge in [-0.15, -0.1) is 0 Å². The van der Waals surface area contributed by atoms with Gasteiger partial charge in [0, 0.05) is 31.8 Å². The first kappa shape index (κ1) is 15.2. The van der Waals surface area contributed by atoms with E-state index in [1.54, 1.807) is 8.61 Å². The predicted octanol–water partition coefficient (Wildman–Crippen LogP) is 1.20. The average Bonchev–Trinajstić information content (AvgIpc) is 2.38. The molecule has 0 spiro atoms. The van der Waals surface area contributed by atoms with Gasteiger partial charge in [-0.2, -0.15) is 17.0 Å². The van der Waals surface area contributed by atoms with E-state index in [1.807, 2.05) is 13.8 Å². The van der Waals surface area contributed by atoms with Gasteiger partial charge in [-0.1, -0.05) is 6.42 Å². The topological polar surface area (TPSA) is 60.9 Å². The van der Waals surface area contributed by atoms with E-state index in [0.717, 1.165) is 32.1 Å². The van der Waals surface area contributed by atoms with E-state index >= 15 is 0 Å². The first-order valence-corrected chi connectivity index (χ1v) is 8.76. The molecule has 0 aliphatic carbocycles. The standard InChI is InChI=1S/C13H26N2O3S/c1-11-4-3-5-12(2)15(11)19(17,18)14-8-6-13(10-16)7-9-14/h11-13,16H,3-10H2,1-2H3. The Bertz CT molecular complexity index is 381. The Morgan fingerprint density at radius 2 is 1.58 bits per heavy atom. The van der Waals surface area contributed by atoms with Gasteiger partial charge in [0.1, 0.15) is 0 Å². The van der Waals surface area contributed by atoms with Crippen molar-refractivity contribution in [1.82, 2.24) is 8.61 Å². The van der Waals surface area contributed by atoms with Crippen molar-refractivity contribution in [3.63, 3.8) is 0 Å². The van der Waals surface area contributed by atoms with Crippen molar-refractivity contribution in [3.05, 3.63) is 0 Å². The quantitative estimate of drug-likeness (QED) is 0.849. The summed E-state index contributed by atoms with van der Waals surface area (Å²) in [5.74, 6) is 0.266. The van der Waals surface area contributed by atoms with Crippen LogP contribution >= 0.6 is 0 Å². The average molecular weight is 290 g/mol. The van der Waals surface area contributed by atoms with Crippen LogP contribution in [0.3, 0.4) is 0 Å². The SMILES string of the molecule is CC1CCCC(C)N1S(=O)(=O)N1CCC(CO)CC1. The van der Waals surface area contributed by atoms with Crippen molar-refractivity contribution in [2.24, 2.45) is 5.92 Å². The number of hydrogen-bond donors (Lipinski definition) is 1. The maximum Gasteiger partial charge on any atom is 0.282 e. The van der Waals surface area contributed by atoms with Crippen LogP contribution in [0, 0.1) is 5.92 Å². The molecule has 2 unspecified atom stereocenters. The maximum absolute atomic E-state index is 12.7. The van der Waals surface area contributed by atoms with Crippen molar-refractivity contribution in [3.8, 4) is 0 Å². The molecule has 0 radical (unpaired) electrons. The summed E-state index contributed by atoms with van der Waals surface area (Å²) in [4.78, 5) is 0. The Kier molecular flexibility index (Phi) is 4.87. The molecule has 0 saturated carbocycles. The molecule has 2 aliphatic heterocycles. The molecule has 1 N–H and O–H groups in total. The van der Waals surface area contributed by atoms with Gasteiger partial charge < -0.3 is 5.11 Å². The molecular weight excluding hydrogens is 264 g/mol. The van der Waals surface area contributed by atoms with Gasteiger partial charge in [0.05, 0.1) is 0 Å². The minimum absolute atomic E-state index is 0.101. The highest BCUT2D eigenvalue weighted by Gasteiger charge is 2.39. The summed E-state index contributed by atoms with van der Waals surface area (Å²) < 4.78 is 28.8. The van der Waals surface area contributed by atoms with Gasteiger partial charge in [-0.25, -0.2) is 0 Å². The molecule has 0 aromatic rings. The van der Waals surface area contributed by atoms with Crippen molar-refractivity contribution in [2.75, 3.05) is 19.7 Å². The highest BCUT2D eigenvalue weighted by Crippen LogP contribution is 2.29.